The minimum atomic E-state index is -4.57. The van der Waals surface area contributed by atoms with Crippen LogP contribution in [0, 0.1) is 0 Å². The molecule has 4 nitrogen and oxygen atoms in total. The average molecular weight is 338 g/mol. The predicted octanol–water partition coefficient (Wildman–Crippen LogP) is 4.35. The molecule has 0 saturated heterocycles. The number of alkyl halides is 3. The van der Waals surface area contributed by atoms with E-state index in [0.29, 0.717) is 11.6 Å². The van der Waals surface area contributed by atoms with Crippen LogP contribution in [0.1, 0.15) is 55.5 Å². The number of anilines is 1. The second-order valence-electron chi connectivity index (χ2n) is 6.79. The Kier molecular flexibility index (Phi) is 4.05. The molecule has 0 N–H and O–H groups in total. The fraction of sp³-hybridized carbons (Fsp3) is 0.529. The van der Waals surface area contributed by atoms with Crippen molar-refractivity contribution < 1.29 is 13.2 Å². The molecule has 3 rings (SSSR count). The van der Waals surface area contributed by atoms with Gasteiger partial charge in [-0.05, 0) is 41.9 Å². The third-order valence-corrected chi connectivity index (χ3v) is 4.19. The SMILES string of the molecule is CC(C)c1cc(C2CC2)ccc1-n1nc(C(F)(F)F)nc1N(C)C. The topological polar surface area (TPSA) is 34.0 Å². The first-order chi connectivity index (χ1) is 11.2. The molecule has 0 radical (unpaired) electrons. The van der Waals surface area contributed by atoms with E-state index in [9.17, 15) is 13.2 Å². The molecule has 0 unspecified atom stereocenters. The van der Waals surface area contributed by atoms with Crippen LogP contribution in [0.3, 0.4) is 0 Å². The number of halogens is 3. The second kappa shape index (κ2) is 5.79. The van der Waals surface area contributed by atoms with E-state index in [1.165, 1.54) is 23.1 Å². The van der Waals surface area contributed by atoms with Gasteiger partial charge in [-0.3, -0.25) is 0 Å². The summed E-state index contributed by atoms with van der Waals surface area (Å²) in [5.41, 5.74) is 2.90. The van der Waals surface area contributed by atoms with Crippen molar-refractivity contribution in [3.8, 4) is 5.69 Å². The molecule has 24 heavy (non-hydrogen) atoms. The van der Waals surface area contributed by atoms with Crippen LogP contribution in [0.15, 0.2) is 18.2 Å². The van der Waals surface area contributed by atoms with Crippen molar-refractivity contribution in [3.05, 3.63) is 35.2 Å². The molecule has 0 amide bonds. The molecule has 1 aromatic carbocycles. The smallest absolute Gasteiger partial charge is 0.347 e. The van der Waals surface area contributed by atoms with E-state index >= 15 is 0 Å². The maximum atomic E-state index is 13.0. The van der Waals surface area contributed by atoms with Gasteiger partial charge in [0.1, 0.15) is 0 Å². The monoisotopic (exact) mass is 338 g/mol. The van der Waals surface area contributed by atoms with Crippen LogP contribution in [0.2, 0.25) is 0 Å². The van der Waals surface area contributed by atoms with E-state index in [1.54, 1.807) is 19.0 Å². The van der Waals surface area contributed by atoms with E-state index in [-0.39, 0.29) is 11.9 Å². The Morgan fingerprint density at radius 2 is 1.88 bits per heavy atom. The lowest BCUT2D eigenvalue weighted by atomic mass is 9.97. The first-order valence-electron chi connectivity index (χ1n) is 8.04. The molecule has 130 valence electrons. The number of rotatable bonds is 4. The van der Waals surface area contributed by atoms with Gasteiger partial charge in [-0.25, -0.2) is 0 Å². The third kappa shape index (κ3) is 3.12. The zero-order valence-corrected chi connectivity index (χ0v) is 14.2. The predicted molar refractivity (Wildman–Crippen MR) is 86.8 cm³/mol. The summed E-state index contributed by atoms with van der Waals surface area (Å²) in [5, 5.41) is 3.75. The Bertz CT molecular complexity index is 743. The van der Waals surface area contributed by atoms with Crippen LogP contribution in [0.25, 0.3) is 5.69 Å². The minimum absolute atomic E-state index is 0.170. The van der Waals surface area contributed by atoms with Crippen LogP contribution in [-0.4, -0.2) is 28.9 Å². The van der Waals surface area contributed by atoms with Gasteiger partial charge in [0.25, 0.3) is 5.82 Å². The zero-order chi connectivity index (χ0) is 17.6. The van der Waals surface area contributed by atoms with Crippen molar-refractivity contribution in [1.29, 1.82) is 0 Å². The van der Waals surface area contributed by atoms with E-state index in [1.807, 2.05) is 26.0 Å². The molecule has 0 spiro atoms. The van der Waals surface area contributed by atoms with E-state index in [0.717, 1.165) is 5.56 Å². The minimum Gasteiger partial charge on any atom is -0.347 e. The molecular weight excluding hydrogens is 317 g/mol. The van der Waals surface area contributed by atoms with Crippen LogP contribution in [-0.2, 0) is 6.18 Å². The average Bonchev–Trinajstić information content (AvgIpc) is 3.23. The molecular formula is C17H21F3N4. The Morgan fingerprint density at radius 1 is 1.21 bits per heavy atom. The van der Waals surface area contributed by atoms with Crippen molar-refractivity contribution in [2.24, 2.45) is 0 Å². The Morgan fingerprint density at radius 3 is 2.38 bits per heavy atom. The molecule has 0 atom stereocenters. The number of hydrogen-bond donors (Lipinski definition) is 0. The molecule has 1 aromatic heterocycles. The van der Waals surface area contributed by atoms with Crippen molar-refractivity contribution in [1.82, 2.24) is 14.8 Å². The first kappa shape index (κ1) is 16.8. The second-order valence-corrected chi connectivity index (χ2v) is 6.79. The number of hydrogen-bond acceptors (Lipinski definition) is 3. The number of aromatic nitrogens is 3. The molecule has 0 bridgehead atoms. The summed E-state index contributed by atoms with van der Waals surface area (Å²) in [6.45, 7) is 4.07. The summed E-state index contributed by atoms with van der Waals surface area (Å²) in [7, 11) is 3.32. The van der Waals surface area contributed by atoms with Gasteiger partial charge in [0.15, 0.2) is 0 Å². The fourth-order valence-corrected chi connectivity index (χ4v) is 2.77. The zero-order valence-electron chi connectivity index (χ0n) is 14.2. The Labute approximate surface area is 139 Å². The highest BCUT2D eigenvalue weighted by atomic mass is 19.4. The van der Waals surface area contributed by atoms with Gasteiger partial charge >= 0.3 is 6.18 Å². The standard InChI is InChI=1S/C17H21F3N4/c1-10(2)13-9-12(11-5-6-11)7-8-14(13)24-16(23(3)4)21-15(22-24)17(18,19)20/h7-11H,5-6H2,1-4H3. The van der Waals surface area contributed by atoms with E-state index < -0.39 is 12.0 Å². The number of nitrogens with zero attached hydrogens (tertiary/aromatic N) is 4. The van der Waals surface area contributed by atoms with Crippen molar-refractivity contribution in [2.45, 2.75) is 44.7 Å². The maximum Gasteiger partial charge on any atom is 0.453 e. The van der Waals surface area contributed by atoms with Gasteiger partial charge in [0, 0.05) is 14.1 Å². The normalized spacial score (nSPS) is 15.2. The summed E-state index contributed by atoms with van der Waals surface area (Å²) in [4.78, 5) is 5.22. The quantitative estimate of drug-likeness (QED) is 0.831. The van der Waals surface area contributed by atoms with Gasteiger partial charge in [-0.1, -0.05) is 26.0 Å². The van der Waals surface area contributed by atoms with Crippen LogP contribution in [0.4, 0.5) is 19.1 Å². The molecule has 2 aromatic rings. The summed E-state index contributed by atoms with van der Waals surface area (Å²) in [5.74, 6) is -0.186. The first-order valence-corrected chi connectivity index (χ1v) is 8.04. The van der Waals surface area contributed by atoms with Crippen LogP contribution >= 0.6 is 0 Å². The van der Waals surface area contributed by atoms with Gasteiger partial charge in [-0.15, -0.1) is 5.10 Å². The third-order valence-electron chi connectivity index (χ3n) is 4.19. The van der Waals surface area contributed by atoms with Crippen LogP contribution in [0.5, 0.6) is 0 Å². The fourth-order valence-electron chi connectivity index (χ4n) is 2.77. The van der Waals surface area contributed by atoms with Gasteiger partial charge < -0.3 is 4.90 Å². The highest BCUT2D eigenvalue weighted by Gasteiger charge is 2.38. The van der Waals surface area contributed by atoms with Crippen molar-refractivity contribution in [3.63, 3.8) is 0 Å². The van der Waals surface area contributed by atoms with Crippen molar-refractivity contribution >= 4 is 5.95 Å². The molecule has 0 aliphatic heterocycles. The maximum absolute atomic E-state index is 13.0. The van der Waals surface area contributed by atoms with Crippen LogP contribution < -0.4 is 4.90 Å². The highest BCUT2D eigenvalue weighted by Crippen LogP contribution is 2.42. The molecule has 1 aliphatic carbocycles. The van der Waals surface area contributed by atoms with Crippen molar-refractivity contribution in [2.75, 3.05) is 19.0 Å². The van der Waals surface area contributed by atoms with Gasteiger partial charge in [0.2, 0.25) is 5.95 Å². The molecule has 1 saturated carbocycles. The summed E-state index contributed by atoms with van der Waals surface area (Å²) >= 11 is 0. The number of benzene rings is 1. The molecule has 1 aliphatic rings. The lowest BCUT2D eigenvalue weighted by Crippen LogP contribution is -2.16. The molecule has 1 heterocycles. The van der Waals surface area contributed by atoms with E-state index in [4.69, 9.17) is 0 Å². The summed E-state index contributed by atoms with van der Waals surface area (Å²) in [6.07, 6.45) is -2.20. The van der Waals surface area contributed by atoms with E-state index in [2.05, 4.69) is 16.1 Å². The Hall–Kier alpha value is -2.05. The summed E-state index contributed by atoms with van der Waals surface area (Å²) in [6, 6.07) is 5.96. The van der Waals surface area contributed by atoms with Gasteiger partial charge in [-0.2, -0.15) is 22.8 Å². The lowest BCUT2D eigenvalue weighted by molar-refractivity contribution is -0.144. The Balaban J connectivity index is 2.15. The van der Waals surface area contributed by atoms with Gasteiger partial charge in [0.05, 0.1) is 5.69 Å². The molecule has 7 heteroatoms. The summed E-state index contributed by atoms with van der Waals surface area (Å²) < 4.78 is 40.4. The largest absolute Gasteiger partial charge is 0.453 e. The lowest BCUT2D eigenvalue weighted by Gasteiger charge is -2.18. The molecule has 1 fully saturated rings. The highest BCUT2D eigenvalue weighted by molar-refractivity contribution is 5.50.